The molecule has 0 aliphatic rings. The quantitative estimate of drug-likeness (QED) is 0.607. The summed E-state index contributed by atoms with van der Waals surface area (Å²) in [5, 5.41) is 18.4. The highest BCUT2D eigenvalue weighted by atomic mass is 16.4. The third kappa shape index (κ3) is 4.08. The zero-order valence-electron chi connectivity index (χ0n) is 16.5. The third-order valence-electron chi connectivity index (χ3n) is 4.42. The van der Waals surface area contributed by atoms with Crippen molar-refractivity contribution in [3.8, 4) is 0 Å². The molecule has 0 spiro atoms. The fourth-order valence-corrected chi connectivity index (χ4v) is 2.93. The van der Waals surface area contributed by atoms with Gasteiger partial charge in [0.05, 0.1) is 5.69 Å². The van der Waals surface area contributed by atoms with E-state index in [1.54, 1.807) is 23.6 Å². The van der Waals surface area contributed by atoms with Gasteiger partial charge in [-0.15, -0.1) is 0 Å². The number of aromatic nitrogens is 3. The second kappa shape index (κ2) is 7.70. The molecule has 1 unspecified atom stereocenters. The van der Waals surface area contributed by atoms with E-state index in [4.69, 9.17) is 5.11 Å². The van der Waals surface area contributed by atoms with Gasteiger partial charge < -0.3 is 15.7 Å². The summed E-state index contributed by atoms with van der Waals surface area (Å²) in [5.41, 5.74) is 3.86. The molecule has 0 radical (unpaired) electrons. The Hall–Kier alpha value is -3.75. The van der Waals surface area contributed by atoms with Crippen molar-refractivity contribution in [3.05, 3.63) is 58.5 Å². The number of amides is 2. The minimum atomic E-state index is -1.12. The lowest BCUT2D eigenvalue weighted by molar-refractivity contribution is -0.138. The van der Waals surface area contributed by atoms with Gasteiger partial charge in [-0.05, 0) is 58.0 Å². The maximum Gasteiger partial charge on any atom is 0.325 e. The van der Waals surface area contributed by atoms with Crippen LogP contribution >= 0.6 is 0 Å². The van der Waals surface area contributed by atoms with E-state index in [0.29, 0.717) is 22.6 Å². The third-order valence-corrected chi connectivity index (χ3v) is 4.42. The average molecular weight is 395 g/mol. The van der Waals surface area contributed by atoms with Crippen LogP contribution in [0.2, 0.25) is 0 Å². The van der Waals surface area contributed by atoms with E-state index in [2.05, 4.69) is 20.7 Å². The zero-order chi connectivity index (χ0) is 21.3. The summed E-state index contributed by atoms with van der Waals surface area (Å²) in [6, 6.07) is 7.05. The summed E-state index contributed by atoms with van der Waals surface area (Å²) in [4.78, 5) is 40.2. The van der Waals surface area contributed by atoms with Gasteiger partial charge >= 0.3 is 5.97 Å². The molecule has 3 rings (SSSR count). The number of carbonyl (C=O) groups is 3. The summed E-state index contributed by atoms with van der Waals surface area (Å²) in [6.45, 7) is 6.87. The van der Waals surface area contributed by atoms with Crippen molar-refractivity contribution in [3.63, 3.8) is 0 Å². The smallest absolute Gasteiger partial charge is 0.325 e. The first-order chi connectivity index (χ1) is 13.7. The van der Waals surface area contributed by atoms with Crippen LogP contribution in [0.15, 0.2) is 30.3 Å². The number of nitrogens with one attached hydrogen (secondary N) is 2. The summed E-state index contributed by atoms with van der Waals surface area (Å²) in [7, 11) is 0. The van der Waals surface area contributed by atoms with Gasteiger partial charge in [-0.1, -0.05) is 0 Å². The number of anilines is 1. The molecular weight excluding hydrogens is 374 g/mol. The number of nitrogens with zero attached hydrogens (tertiary/aromatic N) is 3. The molecule has 2 amide bonds. The first-order valence-corrected chi connectivity index (χ1v) is 8.96. The summed E-state index contributed by atoms with van der Waals surface area (Å²) < 4.78 is 1.63. The molecular formula is C20H21N5O4. The number of benzene rings is 1. The Morgan fingerprint density at radius 2 is 1.72 bits per heavy atom. The molecule has 2 aromatic heterocycles. The minimum Gasteiger partial charge on any atom is -0.480 e. The van der Waals surface area contributed by atoms with Crippen molar-refractivity contribution in [1.82, 2.24) is 19.9 Å². The maximum absolute atomic E-state index is 12.8. The van der Waals surface area contributed by atoms with E-state index in [1.165, 1.54) is 19.1 Å². The van der Waals surface area contributed by atoms with E-state index in [-0.39, 0.29) is 11.5 Å². The highest BCUT2D eigenvalue weighted by Gasteiger charge is 2.20. The van der Waals surface area contributed by atoms with Crippen LogP contribution in [-0.2, 0) is 4.79 Å². The minimum absolute atomic E-state index is 0.288. The van der Waals surface area contributed by atoms with Gasteiger partial charge in [0.25, 0.3) is 11.8 Å². The number of carboxylic acids is 1. The standard InChI is InChI=1S/C20H21N5O4/c1-10-9-11(2)25-17(21-10)16(12(3)24-25)19(27)23-15-7-5-14(6-8-15)18(26)22-13(4)20(28)29/h5-9,13H,1-4H3,(H,22,26)(H,23,27)(H,28,29). The molecule has 2 heterocycles. The van der Waals surface area contributed by atoms with Gasteiger partial charge in [0.2, 0.25) is 0 Å². The lowest BCUT2D eigenvalue weighted by Gasteiger charge is -2.10. The largest absolute Gasteiger partial charge is 0.480 e. The first kappa shape index (κ1) is 20.0. The van der Waals surface area contributed by atoms with Crippen LogP contribution in [0.1, 0.15) is 44.7 Å². The van der Waals surface area contributed by atoms with E-state index < -0.39 is 17.9 Å². The van der Waals surface area contributed by atoms with Crippen LogP contribution < -0.4 is 10.6 Å². The van der Waals surface area contributed by atoms with Crippen molar-refractivity contribution in [2.24, 2.45) is 0 Å². The van der Waals surface area contributed by atoms with E-state index >= 15 is 0 Å². The first-order valence-electron chi connectivity index (χ1n) is 8.96. The molecule has 0 aliphatic heterocycles. The Labute approximate surface area is 166 Å². The summed E-state index contributed by atoms with van der Waals surface area (Å²) >= 11 is 0. The molecule has 9 nitrogen and oxygen atoms in total. The predicted molar refractivity (Wildman–Crippen MR) is 106 cm³/mol. The fraction of sp³-hybridized carbons (Fsp3) is 0.250. The maximum atomic E-state index is 12.8. The van der Waals surface area contributed by atoms with Gasteiger partial charge in [0.15, 0.2) is 5.65 Å². The van der Waals surface area contributed by atoms with Crippen molar-refractivity contribution in [2.75, 3.05) is 5.32 Å². The topological polar surface area (TPSA) is 126 Å². The number of rotatable bonds is 5. The van der Waals surface area contributed by atoms with E-state index in [9.17, 15) is 14.4 Å². The molecule has 0 bridgehead atoms. The van der Waals surface area contributed by atoms with E-state index in [1.807, 2.05) is 19.9 Å². The molecule has 9 heteroatoms. The highest BCUT2D eigenvalue weighted by Crippen LogP contribution is 2.18. The molecule has 29 heavy (non-hydrogen) atoms. The number of carboxylic acid groups (broad SMARTS) is 1. The van der Waals surface area contributed by atoms with Crippen molar-refractivity contribution in [2.45, 2.75) is 33.7 Å². The molecule has 150 valence electrons. The average Bonchev–Trinajstić information content (AvgIpc) is 2.98. The van der Waals surface area contributed by atoms with Gasteiger partial charge in [0, 0.05) is 22.6 Å². The molecule has 0 aliphatic carbocycles. The Kier molecular flexibility index (Phi) is 5.31. The monoisotopic (exact) mass is 395 g/mol. The molecule has 1 atom stereocenters. The Bertz CT molecular complexity index is 1120. The van der Waals surface area contributed by atoms with Crippen LogP contribution in [0.5, 0.6) is 0 Å². The van der Waals surface area contributed by atoms with Gasteiger partial charge in [-0.2, -0.15) is 5.10 Å². The number of fused-ring (bicyclic) bond motifs is 1. The predicted octanol–water partition coefficient (Wildman–Crippen LogP) is 2.11. The van der Waals surface area contributed by atoms with Crippen molar-refractivity contribution in [1.29, 1.82) is 0 Å². The number of hydrogen-bond donors (Lipinski definition) is 3. The van der Waals surface area contributed by atoms with Gasteiger partial charge in [-0.25, -0.2) is 9.50 Å². The van der Waals surface area contributed by atoms with Crippen molar-refractivity contribution < 1.29 is 19.5 Å². The van der Waals surface area contributed by atoms with Crippen LogP contribution in [0, 0.1) is 20.8 Å². The number of aryl methyl sites for hydroxylation is 3. The zero-order valence-corrected chi connectivity index (χ0v) is 16.5. The van der Waals surface area contributed by atoms with Gasteiger partial charge in [0.1, 0.15) is 11.6 Å². The molecule has 0 saturated heterocycles. The Morgan fingerprint density at radius 1 is 1.07 bits per heavy atom. The lowest BCUT2D eigenvalue weighted by atomic mass is 10.1. The van der Waals surface area contributed by atoms with Crippen LogP contribution in [0.3, 0.4) is 0 Å². The van der Waals surface area contributed by atoms with Crippen LogP contribution in [-0.4, -0.2) is 43.5 Å². The molecule has 1 aromatic carbocycles. The molecule has 0 fully saturated rings. The molecule has 3 N–H and O–H groups in total. The summed E-state index contributed by atoms with van der Waals surface area (Å²) in [5.74, 6) is -1.98. The van der Waals surface area contributed by atoms with Gasteiger partial charge in [-0.3, -0.25) is 14.4 Å². The second-order valence-electron chi connectivity index (χ2n) is 6.80. The SMILES string of the molecule is Cc1cc(C)n2nc(C)c(C(=O)Nc3ccc(C(=O)NC(C)C(=O)O)cc3)c2n1. The highest BCUT2D eigenvalue weighted by molar-refractivity contribution is 6.09. The number of carbonyl (C=O) groups excluding carboxylic acids is 2. The second-order valence-corrected chi connectivity index (χ2v) is 6.80. The normalized spacial score (nSPS) is 11.9. The lowest BCUT2D eigenvalue weighted by Crippen LogP contribution is -2.38. The van der Waals surface area contributed by atoms with Crippen LogP contribution in [0.25, 0.3) is 5.65 Å². The fourth-order valence-electron chi connectivity index (χ4n) is 2.93. The Morgan fingerprint density at radius 3 is 2.34 bits per heavy atom. The summed E-state index contributed by atoms with van der Waals surface area (Å²) in [6.07, 6.45) is 0. The Balaban J connectivity index is 1.80. The number of hydrogen-bond acceptors (Lipinski definition) is 5. The van der Waals surface area contributed by atoms with Crippen LogP contribution in [0.4, 0.5) is 5.69 Å². The number of aliphatic carboxylic acids is 1. The molecule has 0 saturated carbocycles. The van der Waals surface area contributed by atoms with E-state index in [0.717, 1.165) is 11.4 Å². The molecule has 3 aromatic rings. The van der Waals surface area contributed by atoms with Crippen molar-refractivity contribution >= 4 is 29.1 Å².